The fraction of sp³-hybridized carbons (Fsp3) is 0.0556. The van der Waals surface area contributed by atoms with Gasteiger partial charge in [-0.25, -0.2) is 4.98 Å². The van der Waals surface area contributed by atoms with E-state index in [1.165, 1.54) is 5.56 Å². The van der Waals surface area contributed by atoms with E-state index in [0.29, 0.717) is 17.0 Å². The van der Waals surface area contributed by atoms with Crippen molar-refractivity contribution in [3.05, 3.63) is 127 Å². The number of hydrogen-bond donors (Lipinski definition) is 1. The number of phenols is 1. The number of hydrogen-bond acceptors (Lipinski definition) is 4. The predicted octanol–water partition coefficient (Wildman–Crippen LogP) is 9.16. The van der Waals surface area contributed by atoms with E-state index < -0.39 is 0 Å². The van der Waals surface area contributed by atoms with Crippen molar-refractivity contribution in [1.82, 2.24) is 9.97 Å². The Bertz CT molecular complexity index is 2050. The van der Waals surface area contributed by atoms with Gasteiger partial charge in [-0.1, -0.05) is 84.8 Å². The van der Waals surface area contributed by atoms with Gasteiger partial charge >= 0.3 is 0 Å². The first-order chi connectivity index (χ1) is 19.5. The second-order valence-electron chi connectivity index (χ2n) is 10.1. The molecule has 0 saturated carbocycles. The van der Waals surface area contributed by atoms with Crippen molar-refractivity contribution in [3.63, 3.8) is 0 Å². The minimum absolute atomic E-state index is 0. The van der Waals surface area contributed by atoms with E-state index in [9.17, 15) is 5.11 Å². The van der Waals surface area contributed by atoms with Gasteiger partial charge in [0.05, 0.1) is 11.1 Å². The van der Waals surface area contributed by atoms with E-state index in [1.54, 1.807) is 12.1 Å². The van der Waals surface area contributed by atoms with Crippen LogP contribution in [0.3, 0.4) is 0 Å². The predicted molar refractivity (Wildman–Crippen MR) is 161 cm³/mol. The van der Waals surface area contributed by atoms with Gasteiger partial charge in [-0.15, -0.1) is 34.9 Å². The molecule has 1 N–H and O–H groups in total. The smallest absolute Gasteiger partial charge is 0.230 e. The Morgan fingerprint density at radius 3 is 2.22 bits per heavy atom. The summed E-state index contributed by atoms with van der Waals surface area (Å²) < 4.78 is 6.28. The van der Waals surface area contributed by atoms with Crippen molar-refractivity contribution < 1.29 is 30.6 Å². The molecule has 0 atom stereocenters. The number of fused-ring (bicyclic) bond motifs is 2. The molecule has 0 unspecified atom stereocenters. The first-order valence-electron chi connectivity index (χ1n) is 13.2. The number of pyridine rings is 1. The van der Waals surface area contributed by atoms with Gasteiger partial charge in [0.2, 0.25) is 5.89 Å². The average Bonchev–Trinajstić information content (AvgIpc) is 3.41. The van der Waals surface area contributed by atoms with Gasteiger partial charge in [0.1, 0.15) is 11.3 Å². The van der Waals surface area contributed by atoms with Crippen molar-refractivity contribution in [2.45, 2.75) is 13.8 Å². The molecule has 4 nitrogen and oxygen atoms in total. The Kier molecular flexibility index (Phi) is 7.03. The fourth-order valence-electron chi connectivity index (χ4n) is 5.34. The quantitative estimate of drug-likeness (QED) is 0.185. The van der Waals surface area contributed by atoms with Crippen LogP contribution in [0.15, 0.2) is 114 Å². The summed E-state index contributed by atoms with van der Waals surface area (Å²) in [6.07, 6.45) is 1.86. The molecule has 7 aromatic rings. The molecule has 202 valence electrons. The molecule has 0 spiro atoms. The van der Waals surface area contributed by atoms with E-state index in [4.69, 9.17) is 14.4 Å². The first-order valence-corrected chi connectivity index (χ1v) is 13.2. The normalized spacial score (nSPS) is 11.1. The maximum Gasteiger partial charge on any atom is 0.230 e. The van der Waals surface area contributed by atoms with Gasteiger partial charge in [0.15, 0.2) is 0 Å². The van der Waals surface area contributed by atoms with Crippen LogP contribution in [0.25, 0.3) is 66.8 Å². The molecule has 2 aromatic heterocycles. The second-order valence-corrected chi connectivity index (χ2v) is 10.1. The molecule has 0 amide bonds. The van der Waals surface area contributed by atoms with Crippen LogP contribution in [0.4, 0.5) is 0 Å². The Hall–Kier alpha value is -4.53. The fourth-order valence-corrected chi connectivity index (χ4v) is 5.34. The zero-order valence-electron chi connectivity index (χ0n) is 22.5. The Morgan fingerprint density at radius 2 is 1.41 bits per heavy atom. The SMILES string of the molecule is Cc1cc(-c2cc(-c3ccccc3)cc3oc(-c4ccccc4O)nc23)[c-]c(-c2cccc3c(C)ccnc23)c1.[Pt]. The van der Waals surface area contributed by atoms with Crippen LogP contribution in [0, 0.1) is 19.9 Å². The van der Waals surface area contributed by atoms with Crippen LogP contribution >= 0.6 is 0 Å². The molecule has 0 bridgehead atoms. The molecule has 41 heavy (non-hydrogen) atoms. The standard InChI is InChI=1S/C36H25N2O2.Pt/c1-22-17-26(29-13-8-12-28-23(2)15-16-37-34(28)29)19-27(18-22)31-20-25(24-9-4-3-5-10-24)21-33-35(31)38-36(40-33)30-11-6-7-14-32(30)39;/h3-18,20-21,39H,1-2H3;/q-1;. The molecular weight excluding hydrogens is 687 g/mol. The summed E-state index contributed by atoms with van der Waals surface area (Å²) >= 11 is 0. The van der Waals surface area contributed by atoms with E-state index >= 15 is 0 Å². The summed E-state index contributed by atoms with van der Waals surface area (Å²) in [5.41, 5.74) is 11.1. The Labute approximate surface area is 252 Å². The number of para-hydroxylation sites is 2. The monoisotopic (exact) mass is 712 g/mol. The van der Waals surface area contributed by atoms with Crippen LogP contribution in [0.5, 0.6) is 5.75 Å². The van der Waals surface area contributed by atoms with Crippen molar-refractivity contribution in [1.29, 1.82) is 0 Å². The summed E-state index contributed by atoms with van der Waals surface area (Å²) in [5.74, 6) is 0.503. The van der Waals surface area contributed by atoms with Gasteiger partial charge in [-0.05, 0) is 53.3 Å². The molecule has 0 radical (unpaired) electrons. The largest absolute Gasteiger partial charge is 0.507 e. The van der Waals surface area contributed by atoms with Crippen molar-refractivity contribution >= 4 is 22.0 Å². The third kappa shape index (κ3) is 4.85. The van der Waals surface area contributed by atoms with Crippen LogP contribution in [-0.4, -0.2) is 15.1 Å². The Balaban J connectivity index is 0.00000302. The summed E-state index contributed by atoms with van der Waals surface area (Å²) in [5, 5.41) is 11.6. The van der Waals surface area contributed by atoms with Crippen LogP contribution in [0.1, 0.15) is 11.1 Å². The summed E-state index contributed by atoms with van der Waals surface area (Å²) in [6, 6.07) is 37.8. The molecular formula is C36H25N2O2Pt-. The van der Waals surface area contributed by atoms with Crippen LogP contribution in [0.2, 0.25) is 0 Å². The average molecular weight is 713 g/mol. The van der Waals surface area contributed by atoms with Gasteiger partial charge in [-0.3, -0.25) is 4.98 Å². The molecule has 7 rings (SSSR count). The number of rotatable bonds is 4. The third-order valence-electron chi connectivity index (χ3n) is 7.32. The summed E-state index contributed by atoms with van der Waals surface area (Å²) in [6.45, 7) is 4.21. The number of benzene rings is 5. The van der Waals surface area contributed by atoms with Crippen molar-refractivity contribution in [3.8, 4) is 50.6 Å². The van der Waals surface area contributed by atoms with Crippen LogP contribution in [-0.2, 0) is 21.1 Å². The van der Waals surface area contributed by atoms with Gasteiger partial charge in [0, 0.05) is 32.8 Å². The number of nitrogens with zero attached hydrogens (tertiary/aromatic N) is 2. The second kappa shape index (κ2) is 10.8. The minimum Gasteiger partial charge on any atom is -0.507 e. The minimum atomic E-state index is 0. The summed E-state index contributed by atoms with van der Waals surface area (Å²) in [7, 11) is 0. The number of aromatic nitrogens is 2. The van der Waals surface area contributed by atoms with E-state index in [0.717, 1.165) is 55.4 Å². The zero-order chi connectivity index (χ0) is 27.2. The van der Waals surface area contributed by atoms with E-state index in [1.807, 2.05) is 48.7 Å². The van der Waals surface area contributed by atoms with E-state index in [-0.39, 0.29) is 26.8 Å². The number of phenolic OH excluding ortho intramolecular Hbond substituents is 1. The zero-order valence-corrected chi connectivity index (χ0v) is 24.7. The third-order valence-corrected chi connectivity index (χ3v) is 7.32. The Morgan fingerprint density at radius 1 is 0.683 bits per heavy atom. The molecule has 5 aromatic carbocycles. The van der Waals surface area contributed by atoms with Gasteiger partial charge in [0.25, 0.3) is 0 Å². The number of aryl methyl sites for hydroxylation is 2. The first kappa shape index (κ1) is 26.7. The maximum atomic E-state index is 10.5. The molecule has 0 aliphatic heterocycles. The molecule has 2 heterocycles. The van der Waals surface area contributed by atoms with Crippen molar-refractivity contribution in [2.24, 2.45) is 0 Å². The molecule has 0 aliphatic carbocycles. The number of aromatic hydroxyl groups is 1. The van der Waals surface area contributed by atoms with E-state index in [2.05, 4.69) is 68.4 Å². The van der Waals surface area contributed by atoms with Gasteiger partial charge in [-0.2, -0.15) is 0 Å². The topological polar surface area (TPSA) is 59.2 Å². The number of oxazole rings is 1. The van der Waals surface area contributed by atoms with Gasteiger partial charge < -0.3 is 9.52 Å². The van der Waals surface area contributed by atoms with Crippen molar-refractivity contribution in [2.75, 3.05) is 0 Å². The molecule has 0 fully saturated rings. The molecule has 0 saturated heterocycles. The molecule has 5 heteroatoms. The maximum absolute atomic E-state index is 10.5. The summed E-state index contributed by atoms with van der Waals surface area (Å²) in [4.78, 5) is 9.62. The van der Waals surface area contributed by atoms with Crippen LogP contribution < -0.4 is 0 Å². The molecule has 0 aliphatic rings.